The van der Waals surface area contributed by atoms with Gasteiger partial charge in [0.1, 0.15) is 27.2 Å². The fourth-order valence-electron chi connectivity index (χ4n) is 2.39. The highest BCUT2D eigenvalue weighted by atomic mass is 32.2. The molecule has 1 atom stereocenters. The Morgan fingerprint density at radius 2 is 1.42 bits per heavy atom. The topological polar surface area (TPSA) is 141 Å². The van der Waals surface area contributed by atoms with E-state index < -0.39 is 37.9 Å². The zero-order valence-electron chi connectivity index (χ0n) is 11.5. The van der Waals surface area contributed by atoms with E-state index in [4.69, 9.17) is 0 Å². The Morgan fingerprint density at radius 1 is 0.875 bits per heavy atom. The van der Waals surface area contributed by atoms with Gasteiger partial charge in [-0.05, 0) is 36.4 Å². The minimum atomic E-state index is -4.78. The Kier molecular flexibility index (Phi) is 3.84. The molecule has 3 rings (SSSR count). The van der Waals surface area contributed by atoms with Gasteiger partial charge in [0.15, 0.2) is 11.6 Å². The summed E-state index contributed by atoms with van der Waals surface area (Å²) in [4.78, 5) is 24.3. The molecule has 0 aliphatic heterocycles. The highest BCUT2D eigenvalue weighted by molar-refractivity contribution is 7.85. The number of carbonyl (C=O) groups excluding carboxylic acids is 2. The number of ketones is 2. The van der Waals surface area contributed by atoms with Gasteiger partial charge in [0.25, 0.3) is 0 Å². The van der Waals surface area contributed by atoms with Gasteiger partial charge in [0, 0.05) is 22.3 Å². The van der Waals surface area contributed by atoms with Crippen LogP contribution < -0.4 is 4.18 Å². The molecule has 8 nitrogen and oxygen atoms in total. The monoisotopic (exact) mass is 366 g/mol. The van der Waals surface area contributed by atoms with Crippen LogP contribution in [0.25, 0.3) is 0 Å². The molecule has 124 valence electrons. The molecule has 0 fully saturated rings. The minimum Gasteiger partial charge on any atom is -0.744 e. The first-order valence-electron chi connectivity index (χ1n) is 6.29. The van der Waals surface area contributed by atoms with Crippen LogP contribution >= 0.6 is 0 Å². The van der Waals surface area contributed by atoms with Crippen molar-refractivity contribution in [2.75, 3.05) is 0 Å². The number of carbonyl (C=O) groups is 2. The molecule has 1 aliphatic carbocycles. The third-order valence-corrected chi connectivity index (χ3v) is 4.57. The lowest BCUT2D eigenvalue weighted by Gasteiger charge is -2.19. The molecule has 2 aromatic carbocycles. The van der Waals surface area contributed by atoms with E-state index in [-0.39, 0.29) is 28.0 Å². The number of fused-ring (bicyclic) bond motifs is 2. The van der Waals surface area contributed by atoms with E-state index >= 15 is 0 Å². The van der Waals surface area contributed by atoms with Crippen LogP contribution in [0.5, 0.6) is 5.75 Å². The number of hydrogen-bond acceptors (Lipinski definition) is 8. The molecule has 0 saturated heterocycles. The van der Waals surface area contributed by atoms with Crippen LogP contribution in [0, 0.1) is 0 Å². The van der Waals surface area contributed by atoms with E-state index in [1.807, 2.05) is 0 Å². The van der Waals surface area contributed by atoms with Gasteiger partial charge >= 0.3 is 0 Å². The standard InChI is InChI=1S/C14H8O8S2/c15-13-10-4-2-8(24(19,20)21)6-12(10)14(16)9-3-1-7(5-11(9)13)22-23(17)18/h1-6H,(H,17,18)(H,19,20,21)/p-2. The van der Waals surface area contributed by atoms with E-state index in [1.54, 1.807) is 0 Å². The van der Waals surface area contributed by atoms with Crippen molar-refractivity contribution < 1.29 is 35.5 Å². The second-order valence-corrected chi connectivity index (χ2v) is 6.77. The van der Waals surface area contributed by atoms with E-state index in [9.17, 15) is 31.3 Å². The Hall–Kier alpha value is -2.40. The Labute approximate surface area is 138 Å². The van der Waals surface area contributed by atoms with Crippen molar-refractivity contribution in [3.8, 4) is 5.75 Å². The SMILES string of the molecule is O=C1c2ccc(S(=O)(=O)[O-])cc2C(=O)c2ccc(OS(=O)[O-])cc21. The average Bonchev–Trinajstić information content (AvgIpc) is 2.50. The van der Waals surface area contributed by atoms with Crippen LogP contribution in [0.15, 0.2) is 41.3 Å². The van der Waals surface area contributed by atoms with Crippen molar-refractivity contribution in [3.05, 3.63) is 58.7 Å². The number of rotatable bonds is 3. The smallest absolute Gasteiger partial charge is 0.194 e. The Morgan fingerprint density at radius 3 is 1.96 bits per heavy atom. The second kappa shape index (κ2) is 5.60. The molecule has 0 N–H and O–H groups in total. The molecule has 24 heavy (non-hydrogen) atoms. The maximum Gasteiger partial charge on any atom is 0.194 e. The fraction of sp³-hybridized carbons (Fsp3) is 0. The van der Waals surface area contributed by atoms with Crippen LogP contribution in [0.4, 0.5) is 0 Å². The van der Waals surface area contributed by atoms with Crippen LogP contribution in [0.3, 0.4) is 0 Å². The van der Waals surface area contributed by atoms with E-state index in [2.05, 4.69) is 4.18 Å². The van der Waals surface area contributed by atoms with Crippen molar-refractivity contribution >= 4 is 33.0 Å². The second-order valence-electron chi connectivity index (χ2n) is 4.81. The molecule has 0 saturated carbocycles. The summed E-state index contributed by atoms with van der Waals surface area (Å²) < 4.78 is 58.8. The molecule has 0 aromatic heterocycles. The maximum atomic E-state index is 12.5. The first-order chi connectivity index (χ1) is 11.2. The summed E-state index contributed by atoms with van der Waals surface area (Å²) in [5, 5.41) is 0. The number of hydrogen-bond donors (Lipinski definition) is 0. The predicted octanol–water partition coefficient (Wildman–Crippen LogP) is 0.539. The summed E-state index contributed by atoms with van der Waals surface area (Å²) in [6, 6.07) is 6.34. The van der Waals surface area contributed by atoms with Gasteiger partial charge < -0.3 is 13.3 Å². The van der Waals surface area contributed by atoms with Gasteiger partial charge in [-0.3, -0.25) is 9.59 Å². The van der Waals surface area contributed by atoms with E-state index in [1.165, 1.54) is 12.1 Å². The zero-order chi connectivity index (χ0) is 17.6. The van der Waals surface area contributed by atoms with Crippen LogP contribution in [0.2, 0.25) is 0 Å². The molecule has 0 bridgehead atoms. The van der Waals surface area contributed by atoms with Crippen LogP contribution in [0.1, 0.15) is 31.8 Å². The highest BCUT2D eigenvalue weighted by Crippen LogP contribution is 2.31. The molecular weight excluding hydrogens is 360 g/mol. The van der Waals surface area contributed by atoms with Crippen LogP contribution in [-0.4, -0.2) is 33.3 Å². The first-order valence-corrected chi connectivity index (χ1v) is 8.70. The van der Waals surface area contributed by atoms with Crippen LogP contribution in [-0.2, 0) is 21.5 Å². The lowest BCUT2D eigenvalue weighted by atomic mass is 9.84. The Bertz CT molecular complexity index is 1020. The Balaban J connectivity index is 2.16. The third kappa shape index (κ3) is 2.76. The van der Waals surface area contributed by atoms with Gasteiger partial charge in [-0.15, -0.1) is 0 Å². The summed E-state index contributed by atoms with van der Waals surface area (Å²) in [5.74, 6) is -1.41. The summed E-state index contributed by atoms with van der Waals surface area (Å²) in [7, 11) is -4.78. The minimum absolute atomic E-state index is 0.0445. The number of benzene rings is 2. The highest BCUT2D eigenvalue weighted by Gasteiger charge is 2.30. The van der Waals surface area contributed by atoms with Crippen molar-refractivity contribution in [2.24, 2.45) is 0 Å². The first kappa shape index (κ1) is 16.5. The van der Waals surface area contributed by atoms with Gasteiger partial charge in [0.2, 0.25) is 0 Å². The molecular formula is C14H6O8S2-2. The summed E-state index contributed by atoms with van der Waals surface area (Å²) >= 11 is -2.84. The average molecular weight is 366 g/mol. The summed E-state index contributed by atoms with van der Waals surface area (Å²) in [6.45, 7) is 0. The quantitative estimate of drug-likeness (QED) is 0.483. The fourth-order valence-corrected chi connectivity index (χ4v) is 3.15. The molecule has 1 aliphatic rings. The lowest BCUT2D eigenvalue weighted by molar-refractivity contribution is 0.0978. The molecule has 0 radical (unpaired) electrons. The zero-order valence-corrected chi connectivity index (χ0v) is 13.2. The molecule has 0 spiro atoms. The largest absolute Gasteiger partial charge is 0.744 e. The van der Waals surface area contributed by atoms with Crippen molar-refractivity contribution in [3.63, 3.8) is 0 Å². The lowest BCUT2D eigenvalue weighted by Crippen LogP contribution is -2.21. The van der Waals surface area contributed by atoms with Gasteiger partial charge in [-0.2, -0.15) is 0 Å². The summed E-state index contributed by atoms with van der Waals surface area (Å²) in [5.41, 5.74) is -0.407. The molecule has 0 heterocycles. The van der Waals surface area contributed by atoms with Crippen molar-refractivity contribution in [2.45, 2.75) is 4.90 Å². The predicted molar refractivity (Wildman–Crippen MR) is 77.3 cm³/mol. The van der Waals surface area contributed by atoms with Crippen molar-refractivity contribution in [1.29, 1.82) is 0 Å². The molecule has 2 aromatic rings. The van der Waals surface area contributed by atoms with E-state index in [0.717, 1.165) is 24.3 Å². The summed E-state index contributed by atoms with van der Waals surface area (Å²) in [6.07, 6.45) is 0. The van der Waals surface area contributed by atoms with Gasteiger partial charge in [0.05, 0.1) is 4.90 Å². The normalized spacial score (nSPS) is 14.8. The van der Waals surface area contributed by atoms with Gasteiger partial charge in [-0.25, -0.2) is 12.6 Å². The van der Waals surface area contributed by atoms with Gasteiger partial charge in [-0.1, -0.05) is 0 Å². The van der Waals surface area contributed by atoms with Crippen molar-refractivity contribution in [1.82, 2.24) is 0 Å². The third-order valence-electron chi connectivity index (χ3n) is 3.41. The molecule has 0 amide bonds. The maximum absolute atomic E-state index is 12.5. The molecule has 1 unspecified atom stereocenters. The molecule has 10 heteroatoms. The van der Waals surface area contributed by atoms with E-state index in [0.29, 0.717) is 0 Å².